The van der Waals surface area contributed by atoms with E-state index in [4.69, 9.17) is 0 Å². The van der Waals surface area contributed by atoms with Gasteiger partial charge in [-0.05, 0) is 106 Å². The second-order valence-electron chi connectivity index (χ2n) is 11.1. The van der Waals surface area contributed by atoms with Gasteiger partial charge in [0, 0.05) is 30.6 Å². The summed E-state index contributed by atoms with van der Waals surface area (Å²) >= 11 is 1.95. The number of nitrogens with one attached hydrogen (secondary N) is 1. The highest BCUT2D eigenvalue weighted by molar-refractivity contribution is 7.99. The first-order chi connectivity index (χ1) is 18.7. The van der Waals surface area contributed by atoms with E-state index in [1.807, 2.05) is 32.7 Å². The Labute approximate surface area is 235 Å². The maximum atomic E-state index is 14.5. The van der Waals surface area contributed by atoms with Crippen LogP contribution in [0.25, 0.3) is 11.0 Å². The molecule has 1 aliphatic heterocycles. The summed E-state index contributed by atoms with van der Waals surface area (Å²) in [5, 5.41) is 8.58. The standard InChI is InChI=1S/C31H41FN4O2S/c1-6-25(32)16-27(19(2)15-24(18-37)22-11-13-39-14-12-22)23-7-9-26(10-8-23)34-31(38)28-17-33-30-29(20(28)3)21(4)35-36(30)5/h6,16-18,22-24,26H,2,7-15H2,1,3-5H3,(H,34,38)/b25-6+,27-16+. The van der Waals surface area contributed by atoms with Crippen molar-refractivity contribution in [2.75, 3.05) is 11.5 Å². The smallest absolute Gasteiger partial charge is 0.253 e. The van der Waals surface area contributed by atoms with Crippen LogP contribution in [0.15, 0.2) is 41.9 Å². The first-order valence-corrected chi connectivity index (χ1v) is 15.2. The van der Waals surface area contributed by atoms with Crippen molar-refractivity contribution in [3.05, 3.63) is 58.7 Å². The van der Waals surface area contributed by atoms with Gasteiger partial charge in [-0.15, -0.1) is 0 Å². The normalized spacial score (nSPS) is 22.1. The number of allylic oxidation sites excluding steroid dienone is 5. The van der Waals surface area contributed by atoms with Crippen molar-refractivity contribution >= 4 is 35.0 Å². The van der Waals surface area contributed by atoms with E-state index >= 15 is 0 Å². The van der Waals surface area contributed by atoms with E-state index in [1.54, 1.807) is 23.9 Å². The van der Waals surface area contributed by atoms with Crippen molar-refractivity contribution in [2.45, 2.75) is 71.8 Å². The number of pyridine rings is 1. The van der Waals surface area contributed by atoms with Crippen LogP contribution in [0.3, 0.4) is 0 Å². The monoisotopic (exact) mass is 552 g/mol. The van der Waals surface area contributed by atoms with Crippen LogP contribution in [0, 0.1) is 31.6 Å². The van der Waals surface area contributed by atoms with Crippen LogP contribution in [0.1, 0.15) is 73.5 Å². The zero-order chi connectivity index (χ0) is 28.1. The van der Waals surface area contributed by atoms with E-state index in [-0.39, 0.29) is 29.6 Å². The number of carbonyl (C=O) groups excluding carboxylic acids is 2. The fraction of sp³-hybridized carbons (Fsp3) is 0.548. The van der Waals surface area contributed by atoms with E-state index < -0.39 is 0 Å². The lowest BCUT2D eigenvalue weighted by molar-refractivity contribution is -0.112. The number of aldehydes is 1. The van der Waals surface area contributed by atoms with Gasteiger partial charge in [0.25, 0.3) is 5.91 Å². The van der Waals surface area contributed by atoms with Gasteiger partial charge in [0.15, 0.2) is 5.65 Å². The molecule has 1 N–H and O–H groups in total. The van der Waals surface area contributed by atoms with Crippen molar-refractivity contribution in [1.82, 2.24) is 20.1 Å². The van der Waals surface area contributed by atoms with Crippen LogP contribution in [0.5, 0.6) is 0 Å². The van der Waals surface area contributed by atoms with Gasteiger partial charge in [0.1, 0.15) is 12.1 Å². The van der Waals surface area contributed by atoms with Crippen molar-refractivity contribution in [3.8, 4) is 0 Å². The Balaban J connectivity index is 1.41. The topological polar surface area (TPSA) is 76.9 Å². The molecule has 0 aromatic carbocycles. The van der Waals surface area contributed by atoms with E-state index in [1.165, 1.54) is 6.08 Å². The first kappa shape index (κ1) is 29.2. The third-order valence-electron chi connectivity index (χ3n) is 8.54. The zero-order valence-corrected chi connectivity index (χ0v) is 24.5. The average Bonchev–Trinajstić information content (AvgIpc) is 3.24. The molecule has 2 aromatic rings. The summed E-state index contributed by atoms with van der Waals surface area (Å²) < 4.78 is 16.2. The molecular formula is C31H41FN4O2S. The molecule has 2 aliphatic rings. The molecule has 1 saturated heterocycles. The lowest BCUT2D eigenvalue weighted by Crippen LogP contribution is -2.38. The van der Waals surface area contributed by atoms with Crippen molar-refractivity contribution in [1.29, 1.82) is 0 Å². The van der Waals surface area contributed by atoms with Gasteiger partial charge in [-0.25, -0.2) is 9.37 Å². The van der Waals surface area contributed by atoms with Crippen molar-refractivity contribution in [2.24, 2.45) is 24.8 Å². The minimum Gasteiger partial charge on any atom is -0.349 e. The molecule has 3 heterocycles. The Morgan fingerprint density at radius 1 is 1.23 bits per heavy atom. The number of rotatable bonds is 9. The molecule has 0 bridgehead atoms. The van der Waals surface area contributed by atoms with Crippen LogP contribution < -0.4 is 5.32 Å². The third kappa shape index (κ3) is 6.71. The molecule has 1 unspecified atom stereocenters. The molecule has 2 fully saturated rings. The number of aryl methyl sites for hydroxylation is 3. The summed E-state index contributed by atoms with van der Waals surface area (Å²) in [4.78, 5) is 29.7. The van der Waals surface area contributed by atoms with Crippen LogP contribution >= 0.6 is 11.8 Å². The minimum absolute atomic E-state index is 0.0439. The summed E-state index contributed by atoms with van der Waals surface area (Å²) in [6.07, 6.45) is 11.8. The first-order valence-electron chi connectivity index (χ1n) is 14.1. The Morgan fingerprint density at radius 3 is 2.56 bits per heavy atom. The molecule has 1 amide bonds. The molecule has 1 atom stereocenters. The zero-order valence-electron chi connectivity index (χ0n) is 23.6. The van der Waals surface area contributed by atoms with Gasteiger partial charge in [0.05, 0.1) is 11.3 Å². The summed E-state index contributed by atoms with van der Waals surface area (Å²) in [7, 11) is 1.85. The Kier molecular flexibility index (Phi) is 9.81. The molecular weight excluding hydrogens is 511 g/mol. The predicted octanol–water partition coefficient (Wildman–Crippen LogP) is 6.58. The van der Waals surface area contributed by atoms with Gasteiger partial charge in [-0.1, -0.05) is 18.2 Å². The summed E-state index contributed by atoms with van der Waals surface area (Å²) in [6, 6.07) is 0.0439. The van der Waals surface area contributed by atoms with Gasteiger partial charge in [-0.2, -0.15) is 16.9 Å². The molecule has 0 radical (unpaired) electrons. The molecule has 6 nitrogen and oxygen atoms in total. The molecule has 210 valence electrons. The number of halogens is 1. The number of aromatic nitrogens is 3. The number of hydrogen-bond donors (Lipinski definition) is 1. The molecule has 1 saturated carbocycles. The second kappa shape index (κ2) is 13.1. The number of carbonyl (C=O) groups is 2. The number of fused-ring (bicyclic) bond motifs is 1. The van der Waals surface area contributed by atoms with Crippen molar-refractivity contribution in [3.63, 3.8) is 0 Å². The minimum atomic E-state index is -0.276. The summed E-state index contributed by atoms with van der Waals surface area (Å²) in [6.45, 7) is 9.91. The van der Waals surface area contributed by atoms with E-state index in [0.29, 0.717) is 17.9 Å². The van der Waals surface area contributed by atoms with Crippen LogP contribution in [-0.4, -0.2) is 44.5 Å². The largest absolute Gasteiger partial charge is 0.349 e. The Morgan fingerprint density at radius 2 is 1.92 bits per heavy atom. The highest BCUT2D eigenvalue weighted by atomic mass is 32.2. The SMILES string of the molecule is C=C(CC(C=O)C1CCSCC1)/C(=C\C(F)=C/C)C1CCC(NC(=O)c2cnc3c(c(C)nn3C)c2C)CC1. The Hall–Kier alpha value is -2.74. The third-order valence-corrected chi connectivity index (χ3v) is 9.59. The van der Waals surface area contributed by atoms with Gasteiger partial charge < -0.3 is 10.1 Å². The Bertz CT molecular complexity index is 1280. The van der Waals surface area contributed by atoms with Gasteiger partial charge in [-0.3, -0.25) is 9.48 Å². The molecule has 4 rings (SSSR count). The maximum Gasteiger partial charge on any atom is 0.253 e. The average molecular weight is 553 g/mol. The fourth-order valence-electron chi connectivity index (χ4n) is 6.24. The fourth-order valence-corrected chi connectivity index (χ4v) is 7.39. The van der Waals surface area contributed by atoms with E-state index in [2.05, 4.69) is 22.0 Å². The molecule has 2 aromatic heterocycles. The second-order valence-corrected chi connectivity index (χ2v) is 12.3. The lowest BCUT2D eigenvalue weighted by Gasteiger charge is -2.33. The predicted molar refractivity (Wildman–Crippen MR) is 158 cm³/mol. The molecule has 39 heavy (non-hydrogen) atoms. The number of hydrogen-bond acceptors (Lipinski definition) is 5. The van der Waals surface area contributed by atoms with Crippen LogP contribution in [0.4, 0.5) is 4.39 Å². The highest BCUT2D eigenvalue weighted by Crippen LogP contribution is 2.38. The van der Waals surface area contributed by atoms with E-state index in [0.717, 1.165) is 89.8 Å². The molecule has 8 heteroatoms. The number of amides is 1. The van der Waals surface area contributed by atoms with Crippen LogP contribution in [0.2, 0.25) is 0 Å². The van der Waals surface area contributed by atoms with Gasteiger partial charge >= 0.3 is 0 Å². The number of nitrogens with zero attached hydrogens (tertiary/aromatic N) is 3. The summed E-state index contributed by atoms with van der Waals surface area (Å²) in [5.41, 5.74) is 4.89. The number of thioether (sulfide) groups is 1. The summed E-state index contributed by atoms with van der Waals surface area (Å²) in [5.74, 6) is 2.27. The quantitative estimate of drug-likeness (QED) is 0.281. The van der Waals surface area contributed by atoms with Crippen LogP contribution in [-0.2, 0) is 11.8 Å². The highest BCUT2D eigenvalue weighted by Gasteiger charge is 2.30. The maximum absolute atomic E-state index is 14.5. The van der Waals surface area contributed by atoms with Gasteiger partial charge in [0.2, 0.25) is 0 Å². The lowest BCUT2D eigenvalue weighted by atomic mass is 9.75. The van der Waals surface area contributed by atoms with E-state index in [9.17, 15) is 14.0 Å². The molecule has 0 spiro atoms. The molecule has 1 aliphatic carbocycles. The van der Waals surface area contributed by atoms with Crippen molar-refractivity contribution < 1.29 is 14.0 Å².